The Morgan fingerprint density at radius 3 is 2.69 bits per heavy atom. The molecule has 2 aromatic carbocycles. The monoisotopic (exact) mass is 412 g/mol. The summed E-state index contributed by atoms with van der Waals surface area (Å²) in [6, 6.07) is 17.1. The Morgan fingerprint density at radius 2 is 1.88 bits per heavy atom. The number of unbranched alkanes of at least 4 members (excludes halogenated alkanes) is 3. The van der Waals surface area contributed by atoms with E-state index < -0.39 is 0 Å². The van der Waals surface area contributed by atoms with E-state index in [0.717, 1.165) is 28.6 Å². The number of hydrazone groups is 1. The highest BCUT2D eigenvalue weighted by Gasteiger charge is 2.40. The van der Waals surface area contributed by atoms with E-state index in [2.05, 4.69) is 76.4 Å². The minimum Gasteiger partial charge on any atom is -0.464 e. The third-order valence-electron chi connectivity index (χ3n) is 5.24. The summed E-state index contributed by atoms with van der Waals surface area (Å²) in [5, 5.41) is 7.18. The normalized spacial score (nSPS) is 21.0. The second kappa shape index (κ2) is 7.83. The van der Waals surface area contributed by atoms with Gasteiger partial charge in [0.25, 0.3) is 0 Å². The smallest absolute Gasteiger partial charge is 0.213 e. The second-order valence-electron chi connectivity index (χ2n) is 7.14. The van der Waals surface area contributed by atoms with Crippen LogP contribution in [0.1, 0.15) is 68.8 Å². The molecule has 0 spiro atoms. The molecule has 0 fully saturated rings. The molecule has 0 saturated heterocycles. The molecule has 0 radical (unpaired) electrons. The lowest BCUT2D eigenvalue weighted by molar-refractivity contribution is -0.0190. The molecule has 2 aromatic rings. The van der Waals surface area contributed by atoms with Crippen molar-refractivity contribution in [2.75, 3.05) is 0 Å². The molecule has 0 aliphatic carbocycles. The minimum absolute atomic E-state index is 0.156. The molecule has 0 aromatic heterocycles. The molecule has 2 aliphatic rings. The maximum Gasteiger partial charge on any atom is 0.213 e. The van der Waals surface area contributed by atoms with Gasteiger partial charge in [-0.15, -0.1) is 0 Å². The molecule has 0 unspecified atom stereocenters. The Bertz CT molecular complexity index is 787. The summed E-state index contributed by atoms with van der Waals surface area (Å²) < 4.78 is 7.45. The average molecular weight is 413 g/mol. The molecular weight excluding hydrogens is 388 g/mol. The van der Waals surface area contributed by atoms with E-state index >= 15 is 0 Å². The number of hydrogen-bond donors (Lipinski definition) is 0. The largest absolute Gasteiger partial charge is 0.464 e. The maximum atomic E-state index is 6.37. The first kappa shape index (κ1) is 17.6. The lowest BCUT2D eigenvalue weighted by Crippen LogP contribution is -2.33. The molecule has 0 amide bonds. The van der Waals surface area contributed by atoms with Crippen LogP contribution in [0.3, 0.4) is 0 Å². The fourth-order valence-corrected chi connectivity index (χ4v) is 4.12. The van der Waals surface area contributed by atoms with Gasteiger partial charge < -0.3 is 4.74 Å². The number of fused-ring (bicyclic) bond motifs is 3. The van der Waals surface area contributed by atoms with E-state index in [0.29, 0.717) is 0 Å². The molecule has 0 N–H and O–H groups in total. The summed E-state index contributed by atoms with van der Waals surface area (Å²) in [4.78, 5) is 0. The van der Waals surface area contributed by atoms with Crippen LogP contribution in [0.4, 0.5) is 0 Å². The Labute approximate surface area is 164 Å². The van der Waals surface area contributed by atoms with Crippen molar-refractivity contribution in [1.29, 1.82) is 0 Å². The Kier molecular flexibility index (Phi) is 5.30. The topological polar surface area (TPSA) is 24.8 Å². The number of hydrogen-bond acceptors (Lipinski definition) is 3. The second-order valence-corrected chi connectivity index (χ2v) is 8.05. The van der Waals surface area contributed by atoms with E-state index in [1.165, 1.54) is 37.0 Å². The summed E-state index contributed by atoms with van der Waals surface area (Å²) >= 11 is 3.52. The van der Waals surface area contributed by atoms with Crippen LogP contribution in [0.5, 0.6) is 5.75 Å². The van der Waals surface area contributed by atoms with Crippen LogP contribution in [0.2, 0.25) is 0 Å². The SMILES string of the molecule is CCCCCCC1=NN2[C@@H](C1)c1ccccc1O[C@H]2c1ccc(Br)cc1. The third kappa shape index (κ3) is 3.52. The predicted molar refractivity (Wildman–Crippen MR) is 109 cm³/mol. The highest BCUT2D eigenvalue weighted by molar-refractivity contribution is 9.10. The van der Waals surface area contributed by atoms with Crippen molar-refractivity contribution in [3.8, 4) is 5.75 Å². The maximum absolute atomic E-state index is 6.37. The van der Waals surface area contributed by atoms with Gasteiger partial charge in [0.1, 0.15) is 5.75 Å². The van der Waals surface area contributed by atoms with Gasteiger partial charge in [0.2, 0.25) is 6.23 Å². The molecule has 2 atom stereocenters. The van der Waals surface area contributed by atoms with Crippen LogP contribution in [0.15, 0.2) is 58.1 Å². The molecule has 0 bridgehead atoms. The predicted octanol–water partition coefficient (Wildman–Crippen LogP) is 6.61. The van der Waals surface area contributed by atoms with Crippen molar-refractivity contribution in [2.24, 2.45) is 5.10 Å². The number of halogens is 1. The zero-order valence-electron chi connectivity index (χ0n) is 15.2. The first-order valence-electron chi connectivity index (χ1n) is 9.62. The molecule has 2 heterocycles. The fourth-order valence-electron chi connectivity index (χ4n) is 3.85. The van der Waals surface area contributed by atoms with Gasteiger partial charge in [0, 0.05) is 27.7 Å². The molecule has 4 heteroatoms. The summed E-state index contributed by atoms with van der Waals surface area (Å²) in [6.07, 6.45) is 7.07. The van der Waals surface area contributed by atoms with Gasteiger partial charge in [-0.1, -0.05) is 72.4 Å². The number of rotatable bonds is 6. The third-order valence-corrected chi connectivity index (χ3v) is 5.76. The quantitative estimate of drug-likeness (QED) is 0.498. The van der Waals surface area contributed by atoms with Gasteiger partial charge in [-0.3, -0.25) is 0 Å². The summed E-state index contributed by atoms with van der Waals surface area (Å²) in [7, 11) is 0. The van der Waals surface area contributed by atoms with Crippen LogP contribution in [-0.4, -0.2) is 10.7 Å². The van der Waals surface area contributed by atoms with Gasteiger partial charge in [-0.05, 0) is 31.0 Å². The Hall–Kier alpha value is -1.81. The molecular formula is C22H25BrN2O. The van der Waals surface area contributed by atoms with Crippen molar-refractivity contribution in [3.63, 3.8) is 0 Å². The average Bonchev–Trinajstić information content (AvgIpc) is 3.10. The number of benzene rings is 2. The van der Waals surface area contributed by atoms with Crippen LogP contribution in [-0.2, 0) is 0 Å². The lowest BCUT2D eigenvalue weighted by atomic mass is 9.96. The highest BCUT2D eigenvalue weighted by atomic mass is 79.9. The number of nitrogens with zero attached hydrogens (tertiary/aromatic N) is 2. The fraction of sp³-hybridized carbons (Fsp3) is 0.409. The number of para-hydroxylation sites is 1. The zero-order chi connectivity index (χ0) is 17.9. The first-order chi connectivity index (χ1) is 12.8. The Morgan fingerprint density at radius 1 is 1.08 bits per heavy atom. The van der Waals surface area contributed by atoms with Crippen LogP contribution < -0.4 is 4.74 Å². The molecule has 0 saturated carbocycles. The van der Waals surface area contributed by atoms with Gasteiger partial charge in [-0.25, -0.2) is 5.01 Å². The standard InChI is InChI=1S/C22H25BrN2O/c1-2-3-4-5-8-18-15-20-19-9-6-7-10-21(19)26-22(25(20)24-18)16-11-13-17(23)14-12-16/h6-7,9-14,20,22H,2-5,8,15H2,1H3/t20-,22-/m0/s1. The van der Waals surface area contributed by atoms with Crippen molar-refractivity contribution in [1.82, 2.24) is 5.01 Å². The zero-order valence-corrected chi connectivity index (χ0v) is 16.8. The first-order valence-corrected chi connectivity index (χ1v) is 10.4. The summed E-state index contributed by atoms with van der Waals surface area (Å²) in [5.41, 5.74) is 3.71. The minimum atomic E-state index is -0.156. The van der Waals surface area contributed by atoms with E-state index in [4.69, 9.17) is 9.84 Å². The molecule has 26 heavy (non-hydrogen) atoms. The van der Waals surface area contributed by atoms with Crippen molar-refractivity contribution < 1.29 is 4.74 Å². The van der Waals surface area contributed by atoms with Gasteiger partial charge in [0.05, 0.1) is 6.04 Å². The van der Waals surface area contributed by atoms with Gasteiger partial charge in [0.15, 0.2) is 0 Å². The van der Waals surface area contributed by atoms with Crippen molar-refractivity contribution in [2.45, 2.75) is 57.7 Å². The summed E-state index contributed by atoms with van der Waals surface area (Å²) in [6.45, 7) is 2.25. The van der Waals surface area contributed by atoms with Gasteiger partial charge in [-0.2, -0.15) is 5.10 Å². The molecule has 136 valence electrons. The molecule has 2 aliphatic heterocycles. The van der Waals surface area contributed by atoms with Crippen LogP contribution >= 0.6 is 15.9 Å². The van der Waals surface area contributed by atoms with E-state index in [-0.39, 0.29) is 12.3 Å². The van der Waals surface area contributed by atoms with Crippen molar-refractivity contribution >= 4 is 21.6 Å². The molecule has 4 rings (SSSR count). The highest BCUT2D eigenvalue weighted by Crippen LogP contribution is 2.47. The van der Waals surface area contributed by atoms with E-state index in [9.17, 15) is 0 Å². The van der Waals surface area contributed by atoms with Crippen LogP contribution in [0, 0.1) is 0 Å². The lowest BCUT2D eigenvalue weighted by Gasteiger charge is -2.38. The van der Waals surface area contributed by atoms with Crippen molar-refractivity contribution in [3.05, 3.63) is 64.1 Å². The van der Waals surface area contributed by atoms with E-state index in [1.54, 1.807) is 0 Å². The van der Waals surface area contributed by atoms with Gasteiger partial charge >= 0.3 is 0 Å². The van der Waals surface area contributed by atoms with E-state index in [1.807, 2.05) is 0 Å². The van der Waals surface area contributed by atoms with Crippen LogP contribution in [0.25, 0.3) is 0 Å². The number of ether oxygens (including phenoxy) is 1. The molecule has 3 nitrogen and oxygen atoms in total. The summed E-state index contributed by atoms with van der Waals surface area (Å²) in [5.74, 6) is 0.990. The Balaban J connectivity index is 1.60.